The van der Waals surface area contributed by atoms with E-state index in [1.165, 1.54) is 19.3 Å². The Morgan fingerprint density at radius 1 is 1.57 bits per heavy atom. The molecule has 1 rings (SSSR count). The first-order valence-electron chi connectivity index (χ1n) is 5.51. The molecule has 1 N–H and O–H groups in total. The van der Waals surface area contributed by atoms with Crippen molar-refractivity contribution in [1.29, 1.82) is 0 Å². The quantitative estimate of drug-likeness (QED) is 0.711. The summed E-state index contributed by atoms with van der Waals surface area (Å²) < 4.78 is 0. The minimum atomic E-state index is -0.686. The van der Waals surface area contributed by atoms with Gasteiger partial charge in [-0.3, -0.25) is 4.79 Å². The van der Waals surface area contributed by atoms with E-state index in [-0.39, 0.29) is 6.42 Å². The predicted molar refractivity (Wildman–Crippen MR) is 56.3 cm³/mol. The normalized spacial score (nSPS) is 19.4. The molecule has 0 aliphatic heterocycles. The molecule has 0 heterocycles. The van der Waals surface area contributed by atoms with Gasteiger partial charge in [0.25, 0.3) is 0 Å². The van der Waals surface area contributed by atoms with Crippen molar-refractivity contribution in [1.82, 2.24) is 4.90 Å². The highest BCUT2D eigenvalue weighted by atomic mass is 16.4. The van der Waals surface area contributed by atoms with Crippen molar-refractivity contribution in [2.24, 2.45) is 5.92 Å². The second kappa shape index (κ2) is 5.35. The Balaban J connectivity index is 2.14. The number of carboxylic acids is 1. The minimum Gasteiger partial charge on any atom is -0.481 e. The molecule has 0 spiro atoms. The van der Waals surface area contributed by atoms with E-state index in [0.29, 0.717) is 6.04 Å². The molecule has 0 amide bonds. The zero-order valence-electron chi connectivity index (χ0n) is 9.20. The first kappa shape index (κ1) is 11.5. The van der Waals surface area contributed by atoms with Crippen LogP contribution in [0.5, 0.6) is 0 Å². The van der Waals surface area contributed by atoms with Gasteiger partial charge in [-0.25, -0.2) is 0 Å². The van der Waals surface area contributed by atoms with Crippen LogP contribution in [0.25, 0.3) is 0 Å². The molecular formula is C11H21NO2. The molecule has 1 atom stereocenters. The third kappa shape index (κ3) is 3.66. The van der Waals surface area contributed by atoms with Gasteiger partial charge in [-0.15, -0.1) is 0 Å². The fourth-order valence-corrected chi connectivity index (χ4v) is 1.82. The van der Waals surface area contributed by atoms with Crippen molar-refractivity contribution in [2.75, 3.05) is 13.6 Å². The fourth-order valence-electron chi connectivity index (χ4n) is 1.82. The van der Waals surface area contributed by atoms with Gasteiger partial charge < -0.3 is 10.0 Å². The van der Waals surface area contributed by atoms with Crippen molar-refractivity contribution in [3.63, 3.8) is 0 Å². The van der Waals surface area contributed by atoms with E-state index >= 15 is 0 Å². The third-order valence-corrected chi connectivity index (χ3v) is 3.30. The van der Waals surface area contributed by atoms with Gasteiger partial charge in [0.1, 0.15) is 0 Å². The molecule has 1 fully saturated rings. The number of carbonyl (C=O) groups is 1. The van der Waals surface area contributed by atoms with E-state index < -0.39 is 5.97 Å². The summed E-state index contributed by atoms with van der Waals surface area (Å²) in [6.45, 7) is 3.25. The van der Waals surface area contributed by atoms with Crippen molar-refractivity contribution in [3.05, 3.63) is 0 Å². The molecule has 1 aliphatic carbocycles. The van der Waals surface area contributed by atoms with E-state index in [1.807, 2.05) is 0 Å². The van der Waals surface area contributed by atoms with Crippen molar-refractivity contribution in [3.8, 4) is 0 Å². The molecular weight excluding hydrogens is 178 g/mol. The Hall–Kier alpha value is -0.570. The lowest BCUT2D eigenvalue weighted by Crippen LogP contribution is -2.36. The third-order valence-electron chi connectivity index (χ3n) is 3.30. The Labute approximate surface area is 86.1 Å². The maximum absolute atomic E-state index is 10.4. The van der Waals surface area contributed by atoms with Crippen LogP contribution >= 0.6 is 0 Å². The number of hydrogen-bond acceptors (Lipinski definition) is 2. The molecule has 0 radical (unpaired) electrons. The first-order valence-corrected chi connectivity index (χ1v) is 5.51. The number of nitrogens with zero attached hydrogens (tertiary/aromatic N) is 1. The molecule has 0 saturated heterocycles. The van der Waals surface area contributed by atoms with Gasteiger partial charge >= 0.3 is 5.97 Å². The molecule has 82 valence electrons. The van der Waals surface area contributed by atoms with Crippen LogP contribution in [0.2, 0.25) is 0 Å². The summed E-state index contributed by atoms with van der Waals surface area (Å²) in [6, 6.07) is 0.395. The van der Waals surface area contributed by atoms with Gasteiger partial charge in [0.15, 0.2) is 0 Å². The second-order valence-electron chi connectivity index (χ2n) is 4.52. The van der Waals surface area contributed by atoms with Gasteiger partial charge in [-0.2, -0.15) is 0 Å². The largest absolute Gasteiger partial charge is 0.481 e. The standard InChI is InChI=1S/C11H21NO2/c1-9(6-7-11(13)14)12(2)8-10-4-3-5-10/h9-10H,3-8H2,1-2H3,(H,13,14). The topological polar surface area (TPSA) is 40.5 Å². The smallest absolute Gasteiger partial charge is 0.303 e. The molecule has 0 aromatic carbocycles. The Bertz CT molecular complexity index is 190. The van der Waals surface area contributed by atoms with Crippen LogP contribution in [-0.2, 0) is 4.79 Å². The molecule has 0 bridgehead atoms. The van der Waals surface area contributed by atoms with Crippen LogP contribution in [0.1, 0.15) is 39.0 Å². The van der Waals surface area contributed by atoms with Crippen molar-refractivity contribution >= 4 is 5.97 Å². The molecule has 3 nitrogen and oxygen atoms in total. The lowest BCUT2D eigenvalue weighted by molar-refractivity contribution is -0.137. The van der Waals surface area contributed by atoms with E-state index in [2.05, 4.69) is 18.9 Å². The van der Waals surface area contributed by atoms with Crippen molar-refractivity contribution in [2.45, 2.75) is 45.1 Å². The SMILES string of the molecule is CC(CCC(=O)O)N(C)CC1CCC1. The summed E-state index contributed by atoms with van der Waals surface area (Å²) in [5.41, 5.74) is 0. The molecule has 1 aliphatic rings. The average Bonchev–Trinajstić information content (AvgIpc) is 2.06. The molecule has 0 aromatic rings. The monoisotopic (exact) mass is 199 g/mol. The summed E-state index contributed by atoms with van der Waals surface area (Å²) >= 11 is 0. The van der Waals surface area contributed by atoms with Gasteiger partial charge in [-0.05, 0) is 39.2 Å². The average molecular weight is 199 g/mol. The summed E-state index contributed by atoms with van der Waals surface area (Å²) in [4.78, 5) is 12.7. The molecule has 1 unspecified atom stereocenters. The molecule has 0 aromatic heterocycles. The van der Waals surface area contributed by atoms with E-state index in [9.17, 15) is 4.79 Å². The fraction of sp³-hybridized carbons (Fsp3) is 0.909. The van der Waals surface area contributed by atoms with Crippen LogP contribution in [0.4, 0.5) is 0 Å². The Morgan fingerprint density at radius 3 is 2.64 bits per heavy atom. The molecule has 3 heteroatoms. The van der Waals surface area contributed by atoms with E-state index in [0.717, 1.165) is 18.9 Å². The van der Waals surface area contributed by atoms with E-state index in [1.54, 1.807) is 0 Å². The maximum Gasteiger partial charge on any atom is 0.303 e. The zero-order valence-corrected chi connectivity index (χ0v) is 9.20. The molecule has 1 saturated carbocycles. The zero-order chi connectivity index (χ0) is 10.6. The molecule has 14 heavy (non-hydrogen) atoms. The summed E-state index contributed by atoms with van der Waals surface area (Å²) in [7, 11) is 2.10. The Kier molecular flexibility index (Phi) is 4.39. The lowest BCUT2D eigenvalue weighted by atomic mass is 9.85. The highest BCUT2D eigenvalue weighted by molar-refractivity contribution is 5.66. The first-order chi connectivity index (χ1) is 6.59. The predicted octanol–water partition coefficient (Wildman–Crippen LogP) is 1.97. The van der Waals surface area contributed by atoms with Crippen LogP contribution < -0.4 is 0 Å². The van der Waals surface area contributed by atoms with E-state index in [4.69, 9.17) is 5.11 Å². The van der Waals surface area contributed by atoms with Crippen LogP contribution in [-0.4, -0.2) is 35.6 Å². The number of carboxylic acid groups (broad SMARTS) is 1. The maximum atomic E-state index is 10.4. The highest BCUT2D eigenvalue weighted by Gasteiger charge is 2.21. The number of aliphatic carboxylic acids is 1. The van der Waals surface area contributed by atoms with Gasteiger partial charge in [0, 0.05) is 19.0 Å². The minimum absolute atomic E-state index is 0.288. The van der Waals surface area contributed by atoms with Crippen molar-refractivity contribution < 1.29 is 9.90 Å². The van der Waals surface area contributed by atoms with Gasteiger partial charge in [0.2, 0.25) is 0 Å². The van der Waals surface area contributed by atoms with Gasteiger partial charge in [0.05, 0.1) is 0 Å². The summed E-state index contributed by atoms with van der Waals surface area (Å²) in [6.07, 6.45) is 5.14. The second-order valence-corrected chi connectivity index (χ2v) is 4.52. The lowest BCUT2D eigenvalue weighted by Gasteiger charge is -2.33. The number of hydrogen-bond donors (Lipinski definition) is 1. The summed E-state index contributed by atoms with van der Waals surface area (Å²) in [5, 5.41) is 8.56. The van der Waals surface area contributed by atoms with Crippen LogP contribution in [0.3, 0.4) is 0 Å². The number of rotatable bonds is 6. The van der Waals surface area contributed by atoms with Gasteiger partial charge in [-0.1, -0.05) is 6.42 Å². The Morgan fingerprint density at radius 2 is 2.21 bits per heavy atom. The van der Waals surface area contributed by atoms with Crippen LogP contribution in [0.15, 0.2) is 0 Å². The van der Waals surface area contributed by atoms with Crippen LogP contribution in [0, 0.1) is 5.92 Å². The highest BCUT2D eigenvalue weighted by Crippen LogP contribution is 2.27. The summed E-state index contributed by atoms with van der Waals surface area (Å²) in [5.74, 6) is 0.182.